The first kappa shape index (κ1) is 14.3. The largest absolute Gasteiger partial charge is 0.399 e. The van der Waals surface area contributed by atoms with Gasteiger partial charge in [0, 0.05) is 30.7 Å². The van der Waals surface area contributed by atoms with Crippen LogP contribution in [0.15, 0.2) is 18.2 Å². The molecule has 18 heavy (non-hydrogen) atoms. The normalized spacial score (nSPS) is 12.1. The van der Waals surface area contributed by atoms with Crippen LogP contribution in [0.5, 0.6) is 0 Å². The highest BCUT2D eigenvalue weighted by Crippen LogP contribution is 2.13. The van der Waals surface area contributed by atoms with E-state index in [2.05, 4.69) is 5.32 Å². The summed E-state index contributed by atoms with van der Waals surface area (Å²) in [7, 11) is 1.54. The lowest BCUT2D eigenvalue weighted by molar-refractivity contribution is 0.0879. The number of aliphatic hydroxyl groups is 1. The van der Waals surface area contributed by atoms with Crippen LogP contribution in [-0.4, -0.2) is 37.4 Å². The SMILES string of the molecule is COCC(CCO)NC(=O)c1cc(N)cc(N)c1. The van der Waals surface area contributed by atoms with Gasteiger partial charge in [-0.05, 0) is 24.6 Å². The molecule has 0 aliphatic carbocycles. The van der Waals surface area contributed by atoms with E-state index < -0.39 is 0 Å². The molecule has 1 atom stereocenters. The molecule has 6 nitrogen and oxygen atoms in total. The van der Waals surface area contributed by atoms with Crippen LogP contribution in [0.25, 0.3) is 0 Å². The van der Waals surface area contributed by atoms with Gasteiger partial charge in [0.1, 0.15) is 0 Å². The first-order valence-electron chi connectivity index (χ1n) is 5.63. The number of nitrogen functional groups attached to an aromatic ring is 2. The van der Waals surface area contributed by atoms with Crippen LogP contribution in [0.4, 0.5) is 11.4 Å². The molecule has 1 amide bonds. The molecule has 100 valence electrons. The number of methoxy groups -OCH3 is 1. The predicted molar refractivity (Wildman–Crippen MR) is 70.1 cm³/mol. The van der Waals surface area contributed by atoms with Crippen molar-refractivity contribution in [2.24, 2.45) is 0 Å². The van der Waals surface area contributed by atoms with Crippen LogP contribution in [-0.2, 0) is 4.74 Å². The molecule has 1 rings (SSSR count). The molecule has 0 radical (unpaired) electrons. The molecule has 1 aromatic rings. The van der Waals surface area contributed by atoms with Crippen molar-refractivity contribution in [3.63, 3.8) is 0 Å². The van der Waals surface area contributed by atoms with Crippen molar-refractivity contribution in [3.8, 4) is 0 Å². The highest BCUT2D eigenvalue weighted by Gasteiger charge is 2.13. The van der Waals surface area contributed by atoms with E-state index in [0.717, 1.165) is 0 Å². The van der Waals surface area contributed by atoms with Gasteiger partial charge < -0.3 is 26.6 Å². The lowest BCUT2D eigenvalue weighted by Gasteiger charge is -2.17. The maximum absolute atomic E-state index is 11.9. The third kappa shape index (κ3) is 4.23. The maximum Gasteiger partial charge on any atom is 0.251 e. The molecule has 0 heterocycles. The van der Waals surface area contributed by atoms with Crippen molar-refractivity contribution in [1.29, 1.82) is 0 Å². The Morgan fingerprint density at radius 1 is 1.39 bits per heavy atom. The molecule has 6 N–H and O–H groups in total. The average Bonchev–Trinajstić information content (AvgIpc) is 2.28. The van der Waals surface area contributed by atoms with Crippen LogP contribution < -0.4 is 16.8 Å². The van der Waals surface area contributed by atoms with Gasteiger partial charge in [0.05, 0.1) is 12.6 Å². The van der Waals surface area contributed by atoms with Crippen LogP contribution in [0.3, 0.4) is 0 Å². The Labute approximate surface area is 106 Å². The fraction of sp³-hybridized carbons (Fsp3) is 0.417. The quantitative estimate of drug-likeness (QED) is 0.532. The van der Waals surface area contributed by atoms with Gasteiger partial charge >= 0.3 is 0 Å². The van der Waals surface area contributed by atoms with E-state index in [-0.39, 0.29) is 18.6 Å². The Kier molecular flexibility index (Phi) is 5.41. The van der Waals surface area contributed by atoms with E-state index in [9.17, 15) is 4.79 Å². The number of nitrogens with two attached hydrogens (primary N) is 2. The number of hydrogen-bond acceptors (Lipinski definition) is 5. The van der Waals surface area contributed by atoms with Gasteiger partial charge in [-0.2, -0.15) is 0 Å². The fourth-order valence-corrected chi connectivity index (χ4v) is 1.63. The first-order valence-corrected chi connectivity index (χ1v) is 5.63. The summed E-state index contributed by atoms with van der Waals surface area (Å²) in [5.41, 5.74) is 12.5. The summed E-state index contributed by atoms with van der Waals surface area (Å²) >= 11 is 0. The second kappa shape index (κ2) is 6.83. The molecule has 1 unspecified atom stereocenters. The Morgan fingerprint density at radius 3 is 2.50 bits per heavy atom. The van der Waals surface area contributed by atoms with Crippen molar-refractivity contribution in [3.05, 3.63) is 23.8 Å². The van der Waals surface area contributed by atoms with Crippen molar-refractivity contribution < 1.29 is 14.6 Å². The summed E-state index contributed by atoms with van der Waals surface area (Å²) in [5, 5.41) is 11.6. The van der Waals surface area contributed by atoms with Crippen molar-refractivity contribution >= 4 is 17.3 Å². The van der Waals surface area contributed by atoms with Crippen LogP contribution >= 0.6 is 0 Å². The highest BCUT2D eigenvalue weighted by molar-refractivity contribution is 5.96. The molecule has 0 aliphatic heterocycles. The van der Waals surface area contributed by atoms with E-state index in [1.54, 1.807) is 18.2 Å². The molecule has 0 spiro atoms. The molecule has 0 aliphatic rings. The molecular weight excluding hydrogens is 234 g/mol. The number of ether oxygens (including phenoxy) is 1. The first-order chi connectivity index (χ1) is 8.56. The summed E-state index contributed by atoms with van der Waals surface area (Å²) < 4.78 is 4.97. The third-order valence-electron chi connectivity index (χ3n) is 2.42. The molecule has 0 saturated heterocycles. The smallest absolute Gasteiger partial charge is 0.251 e. The average molecular weight is 253 g/mol. The summed E-state index contributed by atoms with van der Waals surface area (Å²) in [6.07, 6.45) is 0.428. The predicted octanol–water partition coefficient (Wildman–Crippen LogP) is -0.0218. The number of benzene rings is 1. The number of anilines is 2. The zero-order valence-corrected chi connectivity index (χ0v) is 10.3. The number of nitrogens with one attached hydrogen (secondary N) is 1. The monoisotopic (exact) mass is 253 g/mol. The molecule has 6 heteroatoms. The summed E-state index contributed by atoms with van der Waals surface area (Å²) in [6.45, 7) is 0.317. The lowest BCUT2D eigenvalue weighted by Crippen LogP contribution is -2.38. The number of rotatable bonds is 6. The number of amides is 1. The minimum absolute atomic E-state index is 0.0205. The highest BCUT2D eigenvalue weighted by atomic mass is 16.5. The van der Waals surface area contributed by atoms with Gasteiger partial charge in [0.15, 0.2) is 0 Å². The minimum atomic E-state index is -0.287. The molecular formula is C12H19N3O3. The van der Waals surface area contributed by atoms with Gasteiger partial charge in [-0.1, -0.05) is 0 Å². The Balaban J connectivity index is 2.73. The third-order valence-corrected chi connectivity index (χ3v) is 2.42. The van der Waals surface area contributed by atoms with E-state index in [4.69, 9.17) is 21.3 Å². The number of carbonyl (C=O) groups excluding carboxylic acids is 1. The molecule has 0 bridgehead atoms. The second-order valence-electron chi connectivity index (χ2n) is 4.03. The van der Waals surface area contributed by atoms with Gasteiger partial charge in [-0.15, -0.1) is 0 Å². The Bertz CT molecular complexity index is 383. The van der Waals surface area contributed by atoms with Gasteiger partial charge in [0.25, 0.3) is 5.91 Å². The zero-order chi connectivity index (χ0) is 13.5. The number of aliphatic hydroxyl groups excluding tert-OH is 1. The molecule has 0 saturated carbocycles. The summed E-state index contributed by atoms with van der Waals surface area (Å²) in [5.74, 6) is -0.287. The lowest BCUT2D eigenvalue weighted by atomic mass is 10.1. The van der Waals surface area contributed by atoms with Crippen molar-refractivity contribution in [2.75, 3.05) is 31.8 Å². The van der Waals surface area contributed by atoms with Crippen molar-refractivity contribution in [2.45, 2.75) is 12.5 Å². The minimum Gasteiger partial charge on any atom is -0.399 e. The van der Waals surface area contributed by atoms with Crippen LogP contribution in [0.2, 0.25) is 0 Å². The topological polar surface area (TPSA) is 111 Å². The van der Waals surface area contributed by atoms with E-state index in [1.807, 2.05) is 0 Å². The second-order valence-corrected chi connectivity index (χ2v) is 4.03. The van der Waals surface area contributed by atoms with Gasteiger partial charge in [0.2, 0.25) is 0 Å². The van der Waals surface area contributed by atoms with Crippen LogP contribution in [0.1, 0.15) is 16.8 Å². The molecule has 0 fully saturated rings. The summed E-state index contributed by atoms with van der Waals surface area (Å²) in [6, 6.07) is 4.44. The summed E-state index contributed by atoms with van der Waals surface area (Å²) in [4.78, 5) is 11.9. The fourth-order valence-electron chi connectivity index (χ4n) is 1.63. The number of hydrogen-bond donors (Lipinski definition) is 4. The van der Waals surface area contributed by atoms with E-state index >= 15 is 0 Å². The Hall–Kier alpha value is -1.79. The van der Waals surface area contributed by atoms with Gasteiger partial charge in [-0.25, -0.2) is 0 Å². The van der Waals surface area contributed by atoms with E-state index in [0.29, 0.717) is 30.0 Å². The van der Waals surface area contributed by atoms with Crippen LogP contribution in [0, 0.1) is 0 Å². The van der Waals surface area contributed by atoms with Crippen molar-refractivity contribution in [1.82, 2.24) is 5.32 Å². The molecule has 1 aromatic carbocycles. The number of carbonyl (C=O) groups is 1. The zero-order valence-electron chi connectivity index (χ0n) is 10.3. The Morgan fingerprint density at radius 2 is 2.00 bits per heavy atom. The maximum atomic E-state index is 11.9. The van der Waals surface area contributed by atoms with Gasteiger partial charge in [-0.3, -0.25) is 4.79 Å². The molecule has 0 aromatic heterocycles. The van der Waals surface area contributed by atoms with E-state index in [1.165, 1.54) is 7.11 Å². The standard InChI is InChI=1S/C12H19N3O3/c1-18-7-11(2-3-16)15-12(17)8-4-9(13)6-10(14)5-8/h4-6,11,16H,2-3,7,13-14H2,1H3,(H,15,17).